The van der Waals surface area contributed by atoms with Crippen LogP contribution in [-0.2, 0) is 24.4 Å². The zero-order valence-electron chi connectivity index (χ0n) is 17.7. The van der Waals surface area contributed by atoms with Crippen LogP contribution in [0.25, 0.3) is 0 Å². The second-order valence-corrected chi connectivity index (χ2v) is 18.1. The molecule has 0 spiro atoms. The molecule has 13 heteroatoms. The zero-order chi connectivity index (χ0) is 22.2. The summed E-state index contributed by atoms with van der Waals surface area (Å²) < 4.78 is 55.1. The molecule has 0 radical (unpaired) electrons. The molecule has 0 amide bonds. The van der Waals surface area contributed by atoms with Crippen molar-refractivity contribution in [3.05, 3.63) is 0 Å². The van der Waals surface area contributed by atoms with Gasteiger partial charge in [0.25, 0.3) is 0 Å². The Morgan fingerprint density at radius 3 is 0.964 bits per heavy atom. The Balaban J connectivity index is 5.78. The Labute approximate surface area is 173 Å². The number of aliphatic hydroxyl groups excluding tert-OH is 3. The third-order valence-corrected chi connectivity index (χ3v) is 15.2. The van der Waals surface area contributed by atoms with E-state index < -0.39 is 56.3 Å². The normalized spacial score (nSPS) is 18.9. The van der Waals surface area contributed by atoms with Crippen LogP contribution in [0.5, 0.6) is 0 Å². The van der Waals surface area contributed by atoms with Crippen LogP contribution in [0.1, 0.15) is 41.5 Å². The summed E-state index contributed by atoms with van der Waals surface area (Å²) in [5, 5.41) is 28.7. The van der Waals surface area contributed by atoms with Crippen molar-refractivity contribution in [1.82, 2.24) is 0 Å². The van der Waals surface area contributed by atoms with E-state index in [2.05, 4.69) is 0 Å². The van der Waals surface area contributed by atoms with Crippen LogP contribution in [-0.4, -0.2) is 68.0 Å². The Hall–Kier alpha value is 0.982. The summed E-state index contributed by atoms with van der Waals surface area (Å²) in [5.74, 6) is -0.227. The first-order valence-corrected chi connectivity index (χ1v) is 16.7. The quantitative estimate of drug-likeness (QED) is 0.237. The van der Waals surface area contributed by atoms with Crippen molar-refractivity contribution in [2.45, 2.75) is 41.5 Å². The predicted molar refractivity (Wildman–Crippen MR) is 112 cm³/mol. The van der Waals surface area contributed by atoms with Gasteiger partial charge >= 0.3 is 15.1 Å². The van der Waals surface area contributed by atoms with E-state index >= 15 is 0 Å². The molecule has 3 N–H and O–H groups in total. The lowest BCUT2D eigenvalue weighted by Crippen LogP contribution is -2.28. The van der Waals surface area contributed by atoms with E-state index in [1.807, 2.05) is 0 Å². The highest BCUT2D eigenvalue weighted by Crippen LogP contribution is 2.57. The maximum atomic E-state index is 12.9. The van der Waals surface area contributed by atoms with Gasteiger partial charge in [0, 0.05) is 18.5 Å². The van der Waals surface area contributed by atoms with Gasteiger partial charge in [-0.1, -0.05) is 41.5 Å². The lowest BCUT2D eigenvalue weighted by molar-refractivity contribution is 0.259. The van der Waals surface area contributed by atoms with E-state index in [9.17, 15) is 29.0 Å². The molecular formula is C15H36AlO9P3. The maximum Gasteiger partial charge on any atom is 0.921 e. The van der Waals surface area contributed by atoms with Crippen LogP contribution in [0.15, 0.2) is 0 Å². The van der Waals surface area contributed by atoms with E-state index in [1.165, 1.54) is 0 Å². The molecule has 0 aliphatic rings. The topological polar surface area (TPSA) is 140 Å². The second-order valence-electron chi connectivity index (χ2n) is 8.20. The van der Waals surface area contributed by atoms with Crippen LogP contribution in [0.2, 0.25) is 0 Å². The number of hydrogen-bond donors (Lipinski definition) is 3. The van der Waals surface area contributed by atoms with Crippen molar-refractivity contribution in [3.63, 3.8) is 0 Å². The lowest BCUT2D eigenvalue weighted by Gasteiger charge is -2.28. The van der Waals surface area contributed by atoms with Crippen molar-refractivity contribution < 1.29 is 39.7 Å². The molecule has 0 saturated heterocycles. The monoisotopic (exact) mass is 480 g/mol. The fourth-order valence-corrected chi connectivity index (χ4v) is 13.4. The first-order valence-electron chi connectivity index (χ1n) is 9.34. The molecule has 168 valence electrons. The predicted octanol–water partition coefficient (Wildman–Crippen LogP) is 3.67. The highest BCUT2D eigenvalue weighted by atomic mass is 31.2. The third kappa shape index (κ3) is 11.4. The molecule has 0 bridgehead atoms. The van der Waals surface area contributed by atoms with Crippen molar-refractivity contribution in [2.75, 3.05) is 37.5 Å². The van der Waals surface area contributed by atoms with Gasteiger partial charge in [-0.25, -0.2) is 0 Å². The summed E-state index contributed by atoms with van der Waals surface area (Å²) in [4.78, 5) is 0. The Bertz CT molecular complexity index is 516. The minimum atomic E-state index is -3.61. The number of aliphatic hydroxyl groups is 3. The molecule has 0 heterocycles. The van der Waals surface area contributed by atoms with Gasteiger partial charge in [-0.2, -0.15) is 0 Å². The summed E-state index contributed by atoms with van der Waals surface area (Å²) >= 11 is -3.61. The zero-order valence-corrected chi connectivity index (χ0v) is 21.5. The van der Waals surface area contributed by atoms with Gasteiger partial charge in [0.2, 0.25) is 22.1 Å². The van der Waals surface area contributed by atoms with Crippen LogP contribution in [0, 0.1) is 17.8 Å². The van der Waals surface area contributed by atoms with E-state index in [4.69, 9.17) is 10.7 Å². The highest BCUT2D eigenvalue weighted by molar-refractivity contribution is 7.63. The van der Waals surface area contributed by atoms with Gasteiger partial charge in [-0.3, -0.25) is 13.7 Å². The second kappa shape index (κ2) is 12.7. The first-order chi connectivity index (χ1) is 12.7. The van der Waals surface area contributed by atoms with Gasteiger partial charge in [0.15, 0.2) is 0 Å². The number of hydrogen-bond acceptors (Lipinski definition) is 9. The molecule has 0 aliphatic carbocycles. The first kappa shape index (κ1) is 29.0. The lowest BCUT2D eigenvalue weighted by atomic mass is 10.3. The van der Waals surface area contributed by atoms with Crippen molar-refractivity contribution in [2.24, 2.45) is 17.8 Å². The summed E-state index contributed by atoms with van der Waals surface area (Å²) in [6, 6.07) is 0. The van der Waals surface area contributed by atoms with Crippen LogP contribution in [0.3, 0.4) is 0 Å². The fourth-order valence-electron chi connectivity index (χ4n) is 2.60. The van der Waals surface area contributed by atoms with Gasteiger partial charge in [0.05, 0.1) is 0 Å². The minimum absolute atomic E-state index is 0.0287. The Kier molecular flexibility index (Phi) is 13.2. The fraction of sp³-hybridized carbons (Fsp3) is 1.00. The molecule has 0 rings (SSSR count). The van der Waals surface area contributed by atoms with Crippen molar-refractivity contribution in [3.8, 4) is 0 Å². The van der Waals surface area contributed by atoms with Gasteiger partial charge in [-0.15, -0.1) is 0 Å². The Morgan fingerprint density at radius 2 is 0.821 bits per heavy atom. The molecule has 0 aromatic rings. The van der Waals surface area contributed by atoms with Crippen molar-refractivity contribution >= 4 is 37.3 Å². The summed E-state index contributed by atoms with van der Waals surface area (Å²) in [6.45, 7) is 10.7. The third-order valence-electron chi connectivity index (χ3n) is 3.41. The summed E-state index contributed by atoms with van der Waals surface area (Å²) in [7, 11) is -10.8. The molecule has 0 fully saturated rings. The SMILES string of the molecule is CC(C)CP(=O)(CO)[O][Al]([O]P(=O)(CO)CC(C)C)[O]P(=O)(CO)CC(C)C. The smallest absolute Gasteiger partial charge is 0.404 e. The molecule has 3 atom stereocenters. The van der Waals surface area contributed by atoms with Gasteiger partial charge < -0.3 is 26.0 Å². The van der Waals surface area contributed by atoms with E-state index in [-0.39, 0.29) is 36.2 Å². The summed E-state index contributed by atoms with van der Waals surface area (Å²) in [5.41, 5.74) is 0. The molecule has 9 nitrogen and oxygen atoms in total. The average Bonchev–Trinajstić information content (AvgIpc) is 2.52. The van der Waals surface area contributed by atoms with Crippen LogP contribution in [0.4, 0.5) is 0 Å². The summed E-state index contributed by atoms with van der Waals surface area (Å²) in [6.07, 6.45) is -2.24. The van der Waals surface area contributed by atoms with E-state index in [0.29, 0.717) is 0 Å². The van der Waals surface area contributed by atoms with Gasteiger partial charge in [0.1, 0.15) is 19.0 Å². The van der Waals surface area contributed by atoms with E-state index in [1.54, 1.807) is 41.5 Å². The highest BCUT2D eigenvalue weighted by Gasteiger charge is 2.49. The largest absolute Gasteiger partial charge is 0.921 e. The molecule has 0 saturated carbocycles. The maximum absolute atomic E-state index is 12.9. The molecule has 0 aromatic carbocycles. The average molecular weight is 480 g/mol. The number of rotatable bonds is 15. The van der Waals surface area contributed by atoms with Crippen LogP contribution < -0.4 is 0 Å². The van der Waals surface area contributed by atoms with E-state index in [0.717, 1.165) is 0 Å². The van der Waals surface area contributed by atoms with Gasteiger partial charge in [-0.05, 0) is 17.8 Å². The minimum Gasteiger partial charge on any atom is -0.404 e. The molecule has 3 unspecified atom stereocenters. The Morgan fingerprint density at radius 1 is 0.607 bits per heavy atom. The van der Waals surface area contributed by atoms with Crippen molar-refractivity contribution in [1.29, 1.82) is 0 Å². The molecule has 0 aromatic heterocycles. The molecule has 0 aliphatic heterocycles. The molecule has 28 heavy (non-hydrogen) atoms. The standard InChI is InChI=1S/3C5H13O3P.Al/c3*1-5(2)3-9(7,8)4-6;/h3*5-6H,3-4H2,1-2H3,(H,7,8);/q;;;+3/p-3. The molecular weight excluding hydrogens is 444 g/mol. The van der Waals surface area contributed by atoms with Crippen LogP contribution >= 0.6 is 22.1 Å².